The van der Waals surface area contributed by atoms with Gasteiger partial charge in [-0.05, 0) is 68.9 Å². The van der Waals surface area contributed by atoms with Crippen molar-refractivity contribution in [2.45, 2.75) is 32.2 Å². The van der Waals surface area contributed by atoms with E-state index in [1.807, 2.05) is 7.05 Å². The van der Waals surface area contributed by atoms with Crippen LogP contribution in [-0.4, -0.2) is 42.9 Å². The van der Waals surface area contributed by atoms with Crippen molar-refractivity contribution in [2.24, 2.45) is 5.92 Å². The SMILES string of the molecule is CN1CCC(CCc2ccc3c(c2)C(=O)N(C)C3)CC1. The van der Waals surface area contributed by atoms with E-state index in [0.29, 0.717) is 0 Å². The number of carbonyl (C=O) groups is 1. The van der Waals surface area contributed by atoms with Crippen LogP contribution < -0.4 is 0 Å². The predicted octanol–water partition coefficient (Wildman–Crippen LogP) is 2.55. The quantitative estimate of drug-likeness (QED) is 0.844. The highest BCUT2D eigenvalue weighted by atomic mass is 16.2. The summed E-state index contributed by atoms with van der Waals surface area (Å²) < 4.78 is 0. The molecule has 2 aliphatic rings. The van der Waals surface area contributed by atoms with Gasteiger partial charge in [-0.25, -0.2) is 0 Å². The summed E-state index contributed by atoms with van der Waals surface area (Å²) in [7, 11) is 4.08. The number of aryl methyl sites for hydroxylation is 1. The molecule has 1 fully saturated rings. The summed E-state index contributed by atoms with van der Waals surface area (Å²) in [5.41, 5.74) is 3.43. The third-order valence-electron chi connectivity index (χ3n) is 4.84. The topological polar surface area (TPSA) is 23.6 Å². The van der Waals surface area contributed by atoms with Gasteiger partial charge >= 0.3 is 0 Å². The van der Waals surface area contributed by atoms with Crippen LogP contribution in [-0.2, 0) is 13.0 Å². The first-order valence-corrected chi connectivity index (χ1v) is 7.69. The molecule has 2 heterocycles. The molecule has 20 heavy (non-hydrogen) atoms. The van der Waals surface area contributed by atoms with Gasteiger partial charge in [0.1, 0.15) is 0 Å². The molecule has 3 rings (SSSR count). The fourth-order valence-electron chi connectivity index (χ4n) is 3.37. The maximum Gasteiger partial charge on any atom is 0.254 e. The van der Waals surface area contributed by atoms with Gasteiger partial charge in [0.2, 0.25) is 0 Å². The van der Waals surface area contributed by atoms with Gasteiger partial charge in [0.15, 0.2) is 0 Å². The maximum atomic E-state index is 12.0. The van der Waals surface area contributed by atoms with Crippen molar-refractivity contribution >= 4 is 5.91 Å². The van der Waals surface area contributed by atoms with Crippen LogP contribution >= 0.6 is 0 Å². The molecule has 0 spiro atoms. The van der Waals surface area contributed by atoms with E-state index in [1.54, 1.807) is 4.90 Å². The van der Waals surface area contributed by atoms with Crippen LogP contribution in [0.15, 0.2) is 18.2 Å². The molecule has 108 valence electrons. The molecule has 3 heteroatoms. The lowest BCUT2D eigenvalue weighted by Crippen LogP contribution is -2.30. The van der Waals surface area contributed by atoms with Gasteiger partial charge in [-0.2, -0.15) is 0 Å². The van der Waals surface area contributed by atoms with Crippen LogP contribution in [0, 0.1) is 5.92 Å². The number of piperidine rings is 1. The molecule has 3 nitrogen and oxygen atoms in total. The van der Waals surface area contributed by atoms with Gasteiger partial charge in [0, 0.05) is 19.2 Å². The van der Waals surface area contributed by atoms with Gasteiger partial charge < -0.3 is 9.80 Å². The van der Waals surface area contributed by atoms with E-state index >= 15 is 0 Å². The summed E-state index contributed by atoms with van der Waals surface area (Å²) in [6, 6.07) is 6.47. The Bertz CT molecular complexity index is 504. The standard InChI is InChI=1S/C17H24N2O/c1-18-9-7-13(8-10-18)3-4-14-5-6-15-12-19(2)17(20)16(15)11-14/h5-6,11,13H,3-4,7-10,12H2,1-2H3. The number of likely N-dealkylation sites (tertiary alicyclic amines) is 1. The van der Waals surface area contributed by atoms with Crippen molar-refractivity contribution in [3.8, 4) is 0 Å². The first kappa shape index (κ1) is 13.6. The van der Waals surface area contributed by atoms with Crippen LogP contribution in [0.2, 0.25) is 0 Å². The Kier molecular flexibility index (Phi) is 3.79. The van der Waals surface area contributed by atoms with E-state index in [1.165, 1.54) is 43.5 Å². The number of carbonyl (C=O) groups excluding carboxylic acids is 1. The monoisotopic (exact) mass is 272 g/mol. The Morgan fingerprint density at radius 3 is 2.70 bits per heavy atom. The summed E-state index contributed by atoms with van der Waals surface area (Å²) in [5.74, 6) is 1.04. The molecule has 0 bridgehead atoms. The number of amides is 1. The highest BCUT2D eigenvalue weighted by molar-refractivity contribution is 5.98. The zero-order chi connectivity index (χ0) is 14.1. The molecule has 1 aromatic rings. The second kappa shape index (κ2) is 5.57. The Labute approximate surface area is 121 Å². The van der Waals surface area contributed by atoms with Gasteiger partial charge in [0.05, 0.1) is 0 Å². The smallest absolute Gasteiger partial charge is 0.254 e. The lowest BCUT2D eigenvalue weighted by molar-refractivity contribution is 0.0816. The zero-order valence-electron chi connectivity index (χ0n) is 12.6. The van der Waals surface area contributed by atoms with Crippen molar-refractivity contribution in [3.05, 3.63) is 34.9 Å². The summed E-state index contributed by atoms with van der Waals surface area (Å²) in [6.07, 6.45) is 5.02. The third kappa shape index (κ3) is 2.73. The normalized spacial score (nSPS) is 20.5. The van der Waals surface area contributed by atoms with Crippen LogP contribution in [0.1, 0.15) is 40.7 Å². The van der Waals surface area contributed by atoms with Gasteiger partial charge in [-0.3, -0.25) is 4.79 Å². The molecule has 1 amide bonds. The van der Waals surface area contributed by atoms with E-state index in [2.05, 4.69) is 30.1 Å². The number of hydrogen-bond donors (Lipinski definition) is 0. The minimum atomic E-state index is 0.182. The second-order valence-corrected chi connectivity index (χ2v) is 6.44. The van der Waals surface area contributed by atoms with Crippen LogP contribution in [0.3, 0.4) is 0 Å². The van der Waals surface area contributed by atoms with E-state index in [0.717, 1.165) is 24.4 Å². The lowest BCUT2D eigenvalue weighted by atomic mass is 9.90. The predicted molar refractivity (Wildman–Crippen MR) is 80.8 cm³/mol. The van der Waals surface area contributed by atoms with Crippen molar-refractivity contribution in [1.82, 2.24) is 9.80 Å². The first-order chi connectivity index (χ1) is 9.63. The Hall–Kier alpha value is -1.35. The van der Waals surface area contributed by atoms with Crippen LogP contribution in [0.5, 0.6) is 0 Å². The largest absolute Gasteiger partial charge is 0.337 e. The molecular weight excluding hydrogens is 248 g/mol. The van der Waals surface area contributed by atoms with Gasteiger partial charge in [0.25, 0.3) is 5.91 Å². The summed E-state index contributed by atoms with van der Waals surface area (Å²) in [4.78, 5) is 16.2. The number of rotatable bonds is 3. The molecule has 0 atom stereocenters. The van der Waals surface area contributed by atoms with E-state index in [4.69, 9.17) is 0 Å². The van der Waals surface area contributed by atoms with Crippen molar-refractivity contribution < 1.29 is 4.79 Å². The van der Waals surface area contributed by atoms with Crippen molar-refractivity contribution in [1.29, 1.82) is 0 Å². The third-order valence-corrected chi connectivity index (χ3v) is 4.84. The maximum absolute atomic E-state index is 12.0. The molecule has 0 saturated carbocycles. The van der Waals surface area contributed by atoms with Crippen LogP contribution in [0.4, 0.5) is 0 Å². The Morgan fingerprint density at radius 1 is 1.20 bits per heavy atom. The summed E-state index contributed by atoms with van der Waals surface area (Å²) in [6.45, 7) is 3.24. The average molecular weight is 272 g/mol. The molecule has 2 aliphatic heterocycles. The summed E-state index contributed by atoms with van der Waals surface area (Å²) >= 11 is 0. The number of benzene rings is 1. The number of nitrogens with zero attached hydrogens (tertiary/aromatic N) is 2. The highest BCUT2D eigenvalue weighted by Gasteiger charge is 2.24. The fourth-order valence-corrected chi connectivity index (χ4v) is 3.37. The number of hydrogen-bond acceptors (Lipinski definition) is 2. The molecule has 0 aromatic heterocycles. The molecule has 0 aliphatic carbocycles. The number of fused-ring (bicyclic) bond motifs is 1. The van der Waals surface area contributed by atoms with Crippen LogP contribution in [0.25, 0.3) is 0 Å². The van der Waals surface area contributed by atoms with E-state index < -0.39 is 0 Å². The lowest BCUT2D eigenvalue weighted by Gasteiger charge is -2.28. The zero-order valence-corrected chi connectivity index (χ0v) is 12.6. The van der Waals surface area contributed by atoms with E-state index in [-0.39, 0.29) is 5.91 Å². The molecule has 0 unspecified atom stereocenters. The van der Waals surface area contributed by atoms with Gasteiger partial charge in [-0.1, -0.05) is 12.1 Å². The minimum Gasteiger partial charge on any atom is -0.337 e. The van der Waals surface area contributed by atoms with Crippen molar-refractivity contribution in [2.75, 3.05) is 27.2 Å². The minimum absolute atomic E-state index is 0.182. The molecular formula is C17H24N2O. The first-order valence-electron chi connectivity index (χ1n) is 7.69. The molecule has 1 saturated heterocycles. The fraction of sp³-hybridized carbons (Fsp3) is 0.588. The Morgan fingerprint density at radius 2 is 1.95 bits per heavy atom. The van der Waals surface area contributed by atoms with Crippen molar-refractivity contribution in [3.63, 3.8) is 0 Å². The highest BCUT2D eigenvalue weighted by Crippen LogP contribution is 2.25. The van der Waals surface area contributed by atoms with E-state index in [9.17, 15) is 4.79 Å². The average Bonchev–Trinajstić information content (AvgIpc) is 2.74. The summed E-state index contributed by atoms with van der Waals surface area (Å²) in [5, 5.41) is 0. The molecule has 0 N–H and O–H groups in total. The molecule has 1 aromatic carbocycles. The van der Waals surface area contributed by atoms with Gasteiger partial charge in [-0.15, -0.1) is 0 Å². The second-order valence-electron chi connectivity index (χ2n) is 6.44. The molecule has 0 radical (unpaired) electrons. The Balaban J connectivity index is 1.60.